The van der Waals surface area contributed by atoms with E-state index in [1.54, 1.807) is 18.2 Å². The van der Waals surface area contributed by atoms with E-state index in [1.165, 1.54) is 32.1 Å². The van der Waals surface area contributed by atoms with E-state index in [1.807, 2.05) is 0 Å². The third-order valence-corrected chi connectivity index (χ3v) is 4.23. The van der Waals surface area contributed by atoms with Gasteiger partial charge in [-0.25, -0.2) is 4.98 Å². The van der Waals surface area contributed by atoms with Gasteiger partial charge in [-0.05, 0) is 31.0 Å². The van der Waals surface area contributed by atoms with Crippen LogP contribution < -0.4 is 0 Å². The van der Waals surface area contributed by atoms with Crippen LogP contribution in [0.15, 0.2) is 18.2 Å². The third kappa shape index (κ3) is 2.77. The molecule has 0 atom stereocenters. The first-order valence-corrected chi connectivity index (χ1v) is 7.37. The van der Waals surface area contributed by atoms with Gasteiger partial charge in [-0.1, -0.05) is 42.5 Å². The van der Waals surface area contributed by atoms with E-state index in [2.05, 4.69) is 15.2 Å². The number of aromatic amines is 1. The van der Waals surface area contributed by atoms with Crippen molar-refractivity contribution in [1.82, 2.24) is 15.2 Å². The zero-order valence-corrected chi connectivity index (χ0v) is 12.0. The van der Waals surface area contributed by atoms with Gasteiger partial charge in [0.1, 0.15) is 5.82 Å². The monoisotopic (exact) mass is 295 g/mol. The van der Waals surface area contributed by atoms with Gasteiger partial charge >= 0.3 is 0 Å². The molecule has 2 aromatic rings. The largest absolute Gasteiger partial charge is 0.262 e. The van der Waals surface area contributed by atoms with Crippen molar-refractivity contribution in [3.63, 3.8) is 0 Å². The molecule has 1 aliphatic rings. The Labute approximate surface area is 122 Å². The first-order chi connectivity index (χ1) is 9.24. The number of hydrogen-bond acceptors (Lipinski definition) is 2. The fourth-order valence-corrected chi connectivity index (χ4v) is 3.00. The Morgan fingerprint density at radius 1 is 1.11 bits per heavy atom. The van der Waals surface area contributed by atoms with Crippen LogP contribution in [0.1, 0.15) is 43.8 Å². The van der Waals surface area contributed by atoms with Crippen LogP contribution in [-0.4, -0.2) is 15.2 Å². The third-order valence-electron chi connectivity index (χ3n) is 3.66. The zero-order valence-electron chi connectivity index (χ0n) is 10.5. The average molecular weight is 296 g/mol. The van der Waals surface area contributed by atoms with E-state index in [9.17, 15) is 0 Å². The maximum absolute atomic E-state index is 6.17. The van der Waals surface area contributed by atoms with Crippen LogP contribution in [0.5, 0.6) is 0 Å². The Morgan fingerprint density at radius 3 is 2.68 bits per heavy atom. The molecule has 3 rings (SSSR count). The minimum absolute atomic E-state index is 0.507. The number of benzene rings is 1. The van der Waals surface area contributed by atoms with Crippen LogP contribution >= 0.6 is 23.2 Å². The van der Waals surface area contributed by atoms with Crippen LogP contribution in [0.4, 0.5) is 0 Å². The van der Waals surface area contributed by atoms with Gasteiger partial charge in [0.05, 0.1) is 5.02 Å². The molecule has 0 saturated heterocycles. The van der Waals surface area contributed by atoms with Gasteiger partial charge in [0.2, 0.25) is 0 Å². The SMILES string of the molecule is Clc1ccc(Cl)c(-c2n[nH]c(C3CCCCC3)n2)c1. The Balaban J connectivity index is 1.89. The van der Waals surface area contributed by atoms with Crippen molar-refractivity contribution in [2.45, 2.75) is 38.0 Å². The molecule has 3 nitrogen and oxygen atoms in total. The second-order valence-corrected chi connectivity index (χ2v) is 5.85. The molecule has 1 fully saturated rings. The lowest BCUT2D eigenvalue weighted by atomic mass is 9.89. The summed E-state index contributed by atoms with van der Waals surface area (Å²) in [5.41, 5.74) is 0.785. The molecule has 0 bridgehead atoms. The standard InChI is InChI=1S/C14H15Cl2N3/c15-10-6-7-12(16)11(8-10)14-17-13(18-19-14)9-4-2-1-3-5-9/h6-9H,1-5H2,(H,17,18,19). The van der Waals surface area contributed by atoms with Crippen LogP contribution in [-0.2, 0) is 0 Å². The molecule has 5 heteroatoms. The highest BCUT2D eigenvalue weighted by atomic mass is 35.5. The van der Waals surface area contributed by atoms with Crippen molar-refractivity contribution in [3.8, 4) is 11.4 Å². The van der Waals surface area contributed by atoms with Gasteiger partial charge in [0, 0.05) is 16.5 Å². The summed E-state index contributed by atoms with van der Waals surface area (Å²) < 4.78 is 0. The van der Waals surface area contributed by atoms with E-state index < -0.39 is 0 Å². The van der Waals surface area contributed by atoms with Gasteiger partial charge in [0.25, 0.3) is 0 Å². The quantitative estimate of drug-likeness (QED) is 0.862. The summed E-state index contributed by atoms with van der Waals surface area (Å²) in [5.74, 6) is 2.12. The molecule has 100 valence electrons. The molecule has 1 aromatic heterocycles. The molecule has 0 unspecified atom stereocenters. The molecule has 1 aliphatic carbocycles. The summed E-state index contributed by atoms with van der Waals surface area (Å²) in [6, 6.07) is 5.34. The Kier molecular flexibility index (Phi) is 3.76. The van der Waals surface area contributed by atoms with Crippen LogP contribution in [0.25, 0.3) is 11.4 Å². The fraction of sp³-hybridized carbons (Fsp3) is 0.429. The molecule has 19 heavy (non-hydrogen) atoms. The predicted octanol–water partition coefficient (Wildman–Crippen LogP) is 4.83. The topological polar surface area (TPSA) is 41.6 Å². The first kappa shape index (κ1) is 12.9. The average Bonchev–Trinajstić information content (AvgIpc) is 2.92. The minimum Gasteiger partial charge on any atom is -0.262 e. The van der Waals surface area contributed by atoms with Crippen molar-refractivity contribution in [2.75, 3.05) is 0 Å². The summed E-state index contributed by atoms with van der Waals surface area (Å²) in [5, 5.41) is 8.61. The smallest absolute Gasteiger partial charge is 0.182 e. The lowest BCUT2D eigenvalue weighted by Gasteiger charge is -2.18. The lowest BCUT2D eigenvalue weighted by Crippen LogP contribution is -2.06. The number of aromatic nitrogens is 3. The van der Waals surface area contributed by atoms with E-state index in [0.29, 0.717) is 21.8 Å². The molecule has 0 amide bonds. The predicted molar refractivity (Wildman–Crippen MR) is 77.7 cm³/mol. The highest BCUT2D eigenvalue weighted by Gasteiger charge is 2.20. The molecule has 0 radical (unpaired) electrons. The molecule has 1 heterocycles. The van der Waals surface area contributed by atoms with Crippen molar-refractivity contribution in [2.24, 2.45) is 0 Å². The lowest BCUT2D eigenvalue weighted by molar-refractivity contribution is 0.429. The highest BCUT2D eigenvalue weighted by molar-refractivity contribution is 6.35. The molecule has 1 aromatic carbocycles. The number of halogens is 2. The van der Waals surface area contributed by atoms with Crippen LogP contribution in [0.3, 0.4) is 0 Å². The number of rotatable bonds is 2. The fourth-order valence-electron chi connectivity index (χ4n) is 2.62. The van der Waals surface area contributed by atoms with Crippen molar-refractivity contribution >= 4 is 23.2 Å². The van der Waals surface area contributed by atoms with Crippen LogP contribution in [0.2, 0.25) is 10.0 Å². The van der Waals surface area contributed by atoms with E-state index in [-0.39, 0.29) is 0 Å². The Hall–Kier alpha value is -1.06. The van der Waals surface area contributed by atoms with Gasteiger partial charge in [-0.15, -0.1) is 0 Å². The Bertz CT molecular complexity index is 574. The summed E-state index contributed by atoms with van der Waals surface area (Å²) in [6.07, 6.45) is 6.27. The Morgan fingerprint density at radius 2 is 1.89 bits per heavy atom. The van der Waals surface area contributed by atoms with Gasteiger partial charge in [-0.3, -0.25) is 5.10 Å². The molecule has 1 N–H and O–H groups in total. The first-order valence-electron chi connectivity index (χ1n) is 6.62. The van der Waals surface area contributed by atoms with E-state index >= 15 is 0 Å². The van der Waals surface area contributed by atoms with E-state index in [0.717, 1.165) is 11.4 Å². The summed E-state index contributed by atoms with van der Waals surface area (Å²) in [4.78, 5) is 4.60. The summed E-state index contributed by atoms with van der Waals surface area (Å²) in [6.45, 7) is 0. The zero-order chi connectivity index (χ0) is 13.2. The number of nitrogens with one attached hydrogen (secondary N) is 1. The second kappa shape index (κ2) is 5.51. The normalized spacial score (nSPS) is 16.7. The second-order valence-electron chi connectivity index (χ2n) is 5.00. The van der Waals surface area contributed by atoms with Crippen molar-refractivity contribution in [3.05, 3.63) is 34.1 Å². The molecular formula is C14H15Cl2N3. The maximum atomic E-state index is 6.17. The number of H-pyrrole nitrogens is 1. The van der Waals surface area contributed by atoms with E-state index in [4.69, 9.17) is 23.2 Å². The maximum Gasteiger partial charge on any atom is 0.182 e. The number of hydrogen-bond donors (Lipinski definition) is 1. The van der Waals surface area contributed by atoms with Crippen LogP contribution in [0, 0.1) is 0 Å². The van der Waals surface area contributed by atoms with Gasteiger partial charge < -0.3 is 0 Å². The minimum atomic E-state index is 0.507. The molecule has 1 saturated carbocycles. The molecule has 0 spiro atoms. The van der Waals surface area contributed by atoms with Crippen molar-refractivity contribution < 1.29 is 0 Å². The van der Waals surface area contributed by atoms with Crippen molar-refractivity contribution in [1.29, 1.82) is 0 Å². The van der Waals surface area contributed by atoms with Gasteiger partial charge in [0.15, 0.2) is 5.82 Å². The number of nitrogens with zero attached hydrogens (tertiary/aromatic N) is 2. The summed E-state index contributed by atoms with van der Waals surface area (Å²) in [7, 11) is 0. The van der Waals surface area contributed by atoms with Gasteiger partial charge in [-0.2, -0.15) is 5.10 Å². The highest BCUT2D eigenvalue weighted by Crippen LogP contribution is 2.33. The summed E-state index contributed by atoms with van der Waals surface area (Å²) >= 11 is 12.2. The molecular weight excluding hydrogens is 281 g/mol. The molecule has 0 aliphatic heterocycles.